The SMILES string of the molecule is C=CCCNc1ccc(N)c2ccncc12. The van der Waals surface area contributed by atoms with Gasteiger partial charge in [0.05, 0.1) is 0 Å². The molecule has 0 fully saturated rings. The standard InChI is InChI=1S/C13H15N3/c1-2-3-7-16-13-5-4-12(14)10-6-8-15-9-11(10)13/h2,4-6,8-9,16H,1,3,7,14H2. The number of nitrogens with zero attached hydrogens (tertiary/aromatic N) is 1. The molecule has 0 amide bonds. The van der Waals surface area contributed by atoms with Gasteiger partial charge >= 0.3 is 0 Å². The number of nitrogen functional groups attached to an aromatic ring is 1. The lowest BCUT2D eigenvalue weighted by Crippen LogP contribution is -2.01. The normalized spacial score (nSPS) is 10.2. The van der Waals surface area contributed by atoms with Crippen LogP contribution in [0.3, 0.4) is 0 Å². The molecule has 82 valence electrons. The van der Waals surface area contributed by atoms with E-state index >= 15 is 0 Å². The van der Waals surface area contributed by atoms with Crippen LogP contribution in [0.15, 0.2) is 43.2 Å². The van der Waals surface area contributed by atoms with Crippen molar-refractivity contribution in [2.24, 2.45) is 0 Å². The Hall–Kier alpha value is -2.03. The maximum atomic E-state index is 5.91. The minimum atomic E-state index is 0.784. The number of pyridine rings is 1. The molecule has 0 radical (unpaired) electrons. The van der Waals surface area contributed by atoms with Crippen LogP contribution in [0.5, 0.6) is 0 Å². The van der Waals surface area contributed by atoms with Crippen molar-refractivity contribution in [1.29, 1.82) is 0 Å². The third kappa shape index (κ3) is 1.98. The van der Waals surface area contributed by atoms with Crippen LogP contribution in [0, 0.1) is 0 Å². The van der Waals surface area contributed by atoms with E-state index in [1.165, 1.54) is 0 Å². The van der Waals surface area contributed by atoms with Gasteiger partial charge in [-0.1, -0.05) is 6.08 Å². The van der Waals surface area contributed by atoms with E-state index < -0.39 is 0 Å². The summed E-state index contributed by atoms with van der Waals surface area (Å²) in [5.74, 6) is 0. The lowest BCUT2D eigenvalue weighted by Gasteiger charge is -2.09. The highest BCUT2D eigenvalue weighted by Crippen LogP contribution is 2.27. The number of fused-ring (bicyclic) bond motifs is 1. The van der Waals surface area contributed by atoms with E-state index in [0.29, 0.717) is 0 Å². The number of anilines is 2. The Morgan fingerprint density at radius 2 is 2.19 bits per heavy atom. The van der Waals surface area contributed by atoms with Crippen molar-refractivity contribution < 1.29 is 0 Å². The number of nitrogens with two attached hydrogens (primary N) is 1. The molecule has 2 aromatic rings. The fraction of sp³-hybridized carbons (Fsp3) is 0.154. The van der Waals surface area contributed by atoms with Crippen molar-refractivity contribution in [3.63, 3.8) is 0 Å². The van der Waals surface area contributed by atoms with E-state index in [4.69, 9.17) is 5.73 Å². The zero-order chi connectivity index (χ0) is 11.4. The summed E-state index contributed by atoms with van der Waals surface area (Å²) in [6.07, 6.45) is 6.42. The Morgan fingerprint density at radius 3 is 3.00 bits per heavy atom. The van der Waals surface area contributed by atoms with Crippen molar-refractivity contribution in [3.05, 3.63) is 43.2 Å². The molecule has 3 nitrogen and oxygen atoms in total. The van der Waals surface area contributed by atoms with Crippen molar-refractivity contribution in [2.45, 2.75) is 6.42 Å². The zero-order valence-electron chi connectivity index (χ0n) is 9.11. The highest BCUT2D eigenvalue weighted by atomic mass is 14.9. The van der Waals surface area contributed by atoms with Crippen LogP contribution < -0.4 is 11.1 Å². The lowest BCUT2D eigenvalue weighted by molar-refractivity contribution is 1.07. The molecular formula is C13H15N3. The second kappa shape index (κ2) is 4.66. The van der Waals surface area contributed by atoms with Crippen LogP contribution in [-0.4, -0.2) is 11.5 Å². The minimum absolute atomic E-state index is 0.784. The molecule has 0 aliphatic carbocycles. The van der Waals surface area contributed by atoms with Crippen molar-refractivity contribution in [3.8, 4) is 0 Å². The van der Waals surface area contributed by atoms with Gasteiger partial charge in [-0.2, -0.15) is 0 Å². The number of rotatable bonds is 4. The monoisotopic (exact) mass is 213 g/mol. The quantitative estimate of drug-likeness (QED) is 0.466. The molecule has 1 aromatic heterocycles. The largest absolute Gasteiger partial charge is 0.398 e. The molecule has 0 atom stereocenters. The summed E-state index contributed by atoms with van der Waals surface area (Å²) >= 11 is 0. The molecule has 1 heterocycles. The summed E-state index contributed by atoms with van der Waals surface area (Å²) in [6.45, 7) is 4.57. The first-order chi connectivity index (χ1) is 7.83. The van der Waals surface area contributed by atoms with Crippen LogP contribution >= 0.6 is 0 Å². The van der Waals surface area contributed by atoms with E-state index in [0.717, 1.165) is 35.1 Å². The molecule has 0 aliphatic heterocycles. The van der Waals surface area contributed by atoms with Crippen LogP contribution in [0.1, 0.15) is 6.42 Å². The summed E-state index contributed by atoms with van der Waals surface area (Å²) in [6, 6.07) is 5.84. The first kappa shape index (κ1) is 10.5. The highest BCUT2D eigenvalue weighted by Gasteiger charge is 2.02. The first-order valence-electron chi connectivity index (χ1n) is 5.30. The molecule has 1 aromatic carbocycles. The second-order valence-corrected chi connectivity index (χ2v) is 3.63. The van der Waals surface area contributed by atoms with Crippen molar-refractivity contribution in [1.82, 2.24) is 4.98 Å². The average Bonchev–Trinajstić information content (AvgIpc) is 2.33. The Kier molecular flexibility index (Phi) is 3.05. The summed E-state index contributed by atoms with van der Waals surface area (Å²) in [5.41, 5.74) is 7.76. The number of nitrogens with one attached hydrogen (secondary N) is 1. The van der Waals surface area contributed by atoms with Gasteiger partial charge < -0.3 is 11.1 Å². The summed E-state index contributed by atoms with van der Waals surface area (Å²) < 4.78 is 0. The fourth-order valence-electron chi connectivity index (χ4n) is 1.68. The summed E-state index contributed by atoms with van der Waals surface area (Å²) in [4.78, 5) is 4.13. The smallest absolute Gasteiger partial charge is 0.0437 e. The van der Waals surface area contributed by atoms with Gasteiger partial charge in [0.2, 0.25) is 0 Å². The molecule has 0 saturated carbocycles. The molecule has 0 bridgehead atoms. The number of aromatic nitrogens is 1. The number of hydrogen-bond acceptors (Lipinski definition) is 3. The third-order valence-corrected chi connectivity index (χ3v) is 2.52. The van der Waals surface area contributed by atoms with Crippen LogP contribution in [-0.2, 0) is 0 Å². The average molecular weight is 213 g/mol. The second-order valence-electron chi connectivity index (χ2n) is 3.63. The molecule has 0 unspecified atom stereocenters. The summed E-state index contributed by atoms with van der Waals surface area (Å²) in [7, 11) is 0. The van der Waals surface area contributed by atoms with Gasteiger partial charge in [0.25, 0.3) is 0 Å². The van der Waals surface area contributed by atoms with Crippen LogP contribution in [0.4, 0.5) is 11.4 Å². The predicted octanol–water partition coefficient (Wildman–Crippen LogP) is 2.81. The number of hydrogen-bond donors (Lipinski definition) is 2. The van der Waals surface area contributed by atoms with Gasteiger partial charge in [0, 0.05) is 41.1 Å². The topological polar surface area (TPSA) is 50.9 Å². The zero-order valence-corrected chi connectivity index (χ0v) is 9.11. The summed E-state index contributed by atoms with van der Waals surface area (Å²) in [5, 5.41) is 5.45. The molecule has 0 aliphatic rings. The van der Waals surface area contributed by atoms with Gasteiger partial charge in [-0.15, -0.1) is 6.58 Å². The molecule has 3 heteroatoms. The van der Waals surface area contributed by atoms with Gasteiger partial charge in [0.1, 0.15) is 0 Å². The lowest BCUT2D eigenvalue weighted by atomic mass is 10.1. The van der Waals surface area contributed by atoms with Crippen LogP contribution in [0.2, 0.25) is 0 Å². The van der Waals surface area contributed by atoms with E-state index in [-0.39, 0.29) is 0 Å². The Balaban J connectivity index is 2.38. The molecule has 0 saturated heterocycles. The Labute approximate surface area is 95.0 Å². The maximum Gasteiger partial charge on any atom is 0.0437 e. The van der Waals surface area contributed by atoms with Crippen molar-refractivity contribution in [2.75, 3.05) is 17.6 Å². The van der Waals surface area contributed by atoms with Gasteiger partial charge in [0.15, 0.2) is 0 Å². The third-order valence-electron chi connectivity index (χ3n) is 2.52. The Bertz CT molecular complexity index is 506. The molecule has 0 spiro atoms. The molecule has 16 heavy (non-hydrogen) atoms. The van der Waals surface area contributed by atoms with E-state index in [2.05, 4.69) is 16.9 Å². The van der Waals surface area contributed by atoms with E-state index in [9.17, 15) is 0 Å². The molecule has 3 N–H and O–H groups in total. The minimum Gasteiger partial charge on any atom is -0.398 e. The molecule has 2 rings (SSSR count). The van der Waals surface area contributed by atoms with E-state index in [1.807, 2.05) is 30.5 Å². The maximum absolute atomic E-state index is 5.91. The molecular weight excluding hydrogens is 198 g/mol. The highest BCUT2D eigenvalue weighted by molar-refractivity contribution is 6.00. The fourth-order valence-corrected chi connectivity index (χ4v) is 1.68. The first-order valence-corrected chi connectivity index (χ1v) is 5.30. The van der Waals surface area contributed by atoms with Crippen molar-refractivity contribution >= 4 is 22.1 Å². The van der Waals surface area contributed by atoms with Gasteiger partial charge in [-0.25, -0.2) is 0 Å². The predicted molar refractivity (Wildman–Crippen MR) is 69.5 cm³/mol. The number of benzene rings is 1. The van der Waals surface area contributed by atoms with Gasteiger partial charge in [-0.05, 0) is 24.6 Å². The van der Waals surface area contributed by atoms with Crippen LogP contribution in [0.25, 0.3) is 10.8 Å². The van der Waals surface area contributed by atoms with Gasteiger partial charge in [-0.3, -0.25) is 4.98 Å². The van der Waals surface area contributed by atoms with E-state index in [1.54, 1.807) is 6.20 Å². The Morgan fingerprint density at radius 1 is 1.31 bits per heavy atom.